The molecule has 1 aromatic carbocycles. The summed E-state index contributed by atoms with van der Waals surface area (Å²) in [6.07, 6.45) is 4.67. The molecule has 0 saturated heterocycles. The van der Waals surface area contributed by atoms with E-state index in [0.717, 1.165) is 24.1 Å². The molecule has 128 valence electrons. The lowest BCUT2D eigenvalue weighted by atomic mass is 9.88. The Bertz CT molecular complexity index is 681. The van der Waals surface area contributed by atoms with Crippen LogP contribution in [-0.2, 0) is 4.79 Å². The Morgan fingerprint density at radius 1 is 1.29 bits per heavy atom. The maximum absolute atomic E-state index is 13.0. The smallest absolute Gasteiger partial charge is 0.255 e. The summed E-state index contributed by atoms with van der Waals surface area (Å²) in [6.45, 7) is 1.91. The molecular weight excluding hydrogens is 322 g/mol. The van der Waals surface area contributed by atoms with E-state index in [-0.39, 0.29) is 11.9 Å². The molecule has 1 aliphatic heterocycles. The van der Waals surface area contributed by atoms with E-state index in [4.69, 9.17) is 17.0 Å². The molecule has 1 aromatic rings. The standard InChI is InChI=1S/C18H23N3O2S/c1-11-15(16(21-18(24)19-11)12-7-3-4-8-12)17(22)20-13-9-5-6-10-14(13)23-2/h5-6,9-10,12,16H,3-4,7-8H2,1-2H3,(H,20,22)(H2,19,21,24). The molecular formula is C18H23N3O2S. The van der Waals surface area contributed by atoms with Crippen LogP contribution in [0, 0.1) is 5.92 Å². The van der Waals surface area contributed by atoms with Gasteiger partial charge in [0.15, 0.2) is 5.11 Å². The second-order valence-corrected chi connectivity index (χ2v) is 6.72. The van der Waals surface area contributed by atoms with Crippen LogP contribution in [0.4, 0.5) is 5.69 Å². The van der Waals surface area contributed by atoms with Crippen LogP contribution in [-0.4, -0.2) is 24.2 Å². The number of rotatable bonds is 4. The topological polar surface area (TPSA) is 62.4 Å². The van der Waals surface area contributed by atoms with Gasteiger partial charge in [-0.3, -0.25) is 4.79 Å². The van der Waals surface area contributed by atoms with Crippen molar-refractivity contribution >= 4 is 28.9 Å². The highest BCUT2D eigenvalue weighted by Gasteiger charge is 2.35. The number of carbonyl (C=O) groups is 1. The number of amides is 1. The van der Waals surface area contributed by atoms with E-state index in [1.54, 1.807) is 7.11 Å². The van der Waals surface area contributed by atoms with Gasteiger partial charge in [0, 0.05) is 5.70 Å². The van der Waals surface area contributed by atoms with Crippen LogP contribution < -0.4 is 20.7 Å². The summed E-state index contributed by atoms with van der Waals surface area (Å²) in [5.74, 6) is 0.976. The van der Waals surface area contributed by atoms with Gasteiger partial charge in [0.05, 0.1) is 24.4 Å². The van der Waals surface area contributed by atoms with Crippen molar-refractivity contribution < 1.29 is 9.53 Å². The Balaban J connectivity index is 1.87. The zero-order valence-electron chi connectivity index (χ0n) is 14.0. The largest absolute Gasteiger partial charge is 0.495 e. The third kappa shape index (κ3) is 3.38. The number of ether oxygens (including phenoxy) is 1. The minimum absolute atomic E-state index is 0.0315. The Morgan fingerprint density at radius 2 is 2.00 bits per heavy atom. The first-order valence-electron chi connectivity index (χ1n) is 8.33. The van der Waals surface area contributed by atoms with Crippen molar-refractivity contribution in [2.24, 2.45) is 5.92 Å². The molecule has 1 unspecified atom stereocenters. The lowest BCUT2D eigenvalue weighted by Crippen LogP contribution is -2.53. The second kappa shape index (κ2) is 7.21. The maximum atomic E-state index is 13.0. The van der Waals surface area contributed by atoms with Gasteiger partial charge in [-0.15, -0.1) is 0 Å². The summed E-state index contributed by atoms with van der Waals surface area (Å²) < 4.78 is 5.32. The van der Waals surface area contributed by atoms with Crippen LogP contribution in [0.25, 0.3) is 0 Å². The van der Waals surface area contributed by atoms with E-state index in [1.807, 2.05) is 31.2 Å². The molecule has 1 atom stereocenters. The number of allylic oxidation sites excluding steroid dienone is 1. The molecule has 0 radical (unpaired) electrons. The number of methoxy groups -OCH3 is 1. The summed E-state index contributed by atoms with van der Waals surface area (Å²) >= 11 is 5.30. The van der Waals surface area contributed by atoms with Crippen LogP contribution in [0.5, 0.6) is 5.75 Å². The fourth-order valence-corrected chi connectivity index (χ4v) is 3.89. The Kier molecular flexibility index (Phi) is 5.04. The summed E-state index contributed by atoms with van der Waals surface area (Å²) in [7, 11) is 1.60. The zero-order chi connectivity index (χ0) is 17.1. The normalized spacial score (nSPS) is 21.2. The van der Waals surface area contributed by atoms with Crippen LogP contribution in [0.1, 0.15) is 32.6 Å². The van der Waals surface area contributed by atoms with Crippen molar-refractivity contribution in [1.29, 1.82) is 0 Å². The van der Waals surface area contributed by atoms with Gasteiger partial charge in [-0.1, -0.05) is 25.0 Å². The van der Waals surface area contributed by atoms with Crippen molar-refractivity contribution in [1.82, 2.24) is 10.6 Å². The van der Waals surface area contributed by atoms with Gasteiger partial charge >= 0.3 is 0 Å². The number of hydrogen-bond acceptors (Lipinski definition) is 3. The van der Waals surface area contributed by atoms with Gasteiger partial charge in [-0.25, -0.2) is 0 Å². The predicted octanol–water partition coefficient (Wildman–Crippen LogP) is 2.94. The SMILES string of the molecule is COc1ccccc1NC(=O)C1=C(C)NC(=S)NC1C1CCCC1. The molecule has 1 fully saturated rings. The second-order valence-electron chi connectivity index (χ2n) is 6.31. The fourth-order valence-electron chi connectivity index (χ4n) is 3.61. The van der Waals surface area contributed by atoms with Crippen LogP contribution in [0.15, 0.2) is 35.5 Å². The molecule has 0 spiro atoms. The molecule has 0 aromatic heterocycles. The highest BCUT2D eigenvalue weighted by molar-refractivity contribution is 7.80. The molecule has 0 bridgehead atoms. The molecule has 24 heavy (non-hydrogen) atoms. The number of para-hydroxylation sites is 2. The lowest BCUT2D eigenvalue weighted by Gasteiger charge is -2.33. The predicted molar refractivity (Wildman–Crippen MR) is 98.9 cm³/mol. The quantitative estimate of drug-likeness (QED) is 0.733. The van der Waals surface area contributed by atoms with E-state index < -0.39 is 0 Å². The highest BCUT2D eigenvalue weighted by atomic mass is 32.1. The van der Waals surface area contributed by atoms with Gasteiger partial charge < -0.3 is 20.7 Å². The van der Waals surface area contributed by atoms with E-state index in [9.17, 15) is 4.79 Å². The molecule has 3 rings (SSSR count). The molecule has 2 aliphatic rings. The summed E-state index contributed by atoms with van der Waals surface area (Å²) in [5, 5.41) is 9.97. The Hall–Kier alpha value is -2.08. The molecule has 1 aliphatic carbocycles. The van der Waals surface area contributed by atoms with Crippen molar-refractivity contribution in [3.63, 3.8) is 0 Å². The minimum atomic E-state index is -0.114. The number of benzene rings is 1. The van der Waals surface area contributed by atoms with Crippen molar-refractivity contribution in [2.75, 3.05) is 12.4 Å². The monoisotopic (exact) mass is 345 g/mol. The first-order chi connectivity index (χ1) is 11.6. The lowest BCUT2D eigenvalue weighted by molar-refractivity contribution is -0.113. The summed E-state index contributed by atoms with van der Waals surface area (Å²) in [4.78, 5) is 13.0. The average Bonchev–Trinajstić information content (AvgIpc) is 3.08. The molecule has 6 heteroatoms. The summed E-state index contributed by atoms with van der Waals surface area (Å²) in [6, 6.07) is 7.39. The Labute approximate surface area is 147 Å². The van der Waals surface area contributed by atoms with Gasteiger partial charge in [0.2, 0.25) is 0 Å². The fraction of sp³-hybridized carbons (Fsp3) is 0.444. The first kappa shape index (κ1) is 16.8. The first-order valence-corrected chi connectivity index (χ1v) is 8.73. The minimum Gasteiger partial charge on any atom is -0.495 e. The molecule has 5 nitrogen and oxygen atoms in total. The third-order valence-electron chi connectivity index (χ3n) is 4.77. The van der Waals surface area contributed by atoms with Gasteiger partial charge in [-0.2, -0.15) is 0 Å². The van der Waals surface area contributed by atoms with Crippen LogP contribution in [0.2, 0.25) is 0 Å². The van der Waals surface area contributed by atoms with Crippen molar-refractivity contribution in [2.45, 2.75) is 38.6 Å². The molecule has 1 saturated carbocycles. The maximum Gasteiger partial charge on any atom is 0.255 e. The van der Waals surface area contributed by atoms with Crippen molar-refractivity contribution in [3.05, 3.63) is 35.5 Å². The number of anilines is 1. The third-order valence-corrected chi connectivity index (χ3v) is 4.99. The van der Waals surface area contributed by atoms with E-state index in [1.165, 1.54) is 12.8 Å². The number of thiocarbonyl (C=S) groups is 1. The van der Waals surface area contributed by atoms with E-state index in [0.29, 0.717) is 22.5 Å². The average molecular weight is 345 g/mol. The van der Waals surface area contributed by atoms with Gasteiger partial charge in [0.25, 0.3) is 5.91 Å². The van der Waals surface area contributed by atoms with E-state index >= 15 is 0 Å². The van der Waals surface area contributed by atoms with Gasteiger partial charge in [-0.05, 0) is 50.0 Å². The van der Waals surface area contributed by atoms with E-state index in [2.05, 4.69) is 16.0 Å². The highest BCUT2D eigenvalue weighted by Crippen LogP contribution is 2.33. The molecule has 1 heterocycles. The Morgan fingerprint density at radius 3 is 2.71 bits per heavy atom. The van der Waals surface area contributed by atoms with Gasteiger partial charge in [0.1, 0.15) is 5.75 Å². The molecule has 3 N–H and O–H groups in total. The number of nitrogens with one attached hydrogen (secondary N) is 3. The summed E-state index contributed by atoms with van der Waals surface area (Å²) in [5.41, 5.74) is 2.23. The number of hydrogen-bond donors (Lipinski definition) is 3. The zero-order valence-corrected chi connectivity index (χ0v) is 14.8. The number of carbonyl (C=O) groups excluding carboxylic acids is 1. The van der Waals surface area contributed by atoms with Crippen LogP contribution >= 0.6 is 12.2 Å². The van der Waals surface area contributed by atoms with Crippen LogP contribution in [0.3, 0.4) is 0 Å². The molecule has 1 amide bonds. The van der Waals surface area contributed by atoms with Crippen molar-refractivity contribution in [3.8, 4) is 5.75 Å².